The van der Waals surface area contributed by atoms with Crippen molar-refractivity contribution in [2.75, 3.05) is 13.6 Å². The van der Waals surface area contributed by atoms with Gasteiger partial charge in [-0.1, -0.05) is 43.2 Å². The molecule has 2 amide bonds. The van der Waals surface area contributed by atoms with Gasteiger partial charge in [-0.2, -0.15) is 0 Å². The van der Waals surface area contributed by atoms with Crippen molar-refractivity contribution in [1.82, 2.24) is 15.2 Å². The van der Waals surface area contributed by atoms with E-state index < -0.39 is 0 Å². The van der Waals surface area contributed by atoms with Crippen molar-refractivity contribution in [3.8, 4) is 0 Å². The van der Waals surface area contributed by atoms with E-state index in [9.17, 15) is 9.59 Å². The first kappa shape index (κ1) is 18.6. The van der Waals surface area contributed by atoms with Crippen LogP contribution < -0.4 is 5.32 Å². The number of rotatable bonds is 7. The SMILES string of the molecule is CCCCN(C)C(=O)c1cncc(C(=O)NCc2cccc(C)c2)c1. The van der Waals surface area contributed by atoms with E-state index in [1.165, 1.54) is 12.4 Å². The zero-order valence-electron chi connectivity index (χ0n) is 15.1. The van der Waals surface area contributed by atoms with E-state index in [1.807, 2.05) is 31.2 Å². The first-order valence-electron chi connectivity index (χ1n) is 8.55. The van der Waals surface area contributed by atoms with E-state index in [0.29, 0.717) is 24.2 Å². The maximum atomic E-state index is 12.4. The number of pyridine rings is 1. The molecular weight excluding hydrogens is 314 g/mol. The number of nitrogens with zero attached hydrogens (tertiary/aromatic N) is 2. The van der Waals surface area contributed by atoms with Crippen molar-refractivity contribution in [3.05, 3.63) is 65.0 Å². The molecule has 0 aliphatic heterocycles. The molecule has 0 aliphatic rings. The van der Waals surface area contributed by atoms with E-state index >= 15 is 0 Å². The number of nitrogens with one attached hydrogen (secondary N) is 1. The van der Waals surface area contributed by atoms with Crippen molar-refractivity contribution >= 4 is 11.8 Å². The summed E-state index contributed by atoms with van der Waals surface area (Å²) in [6, 6.07) is 9.57. The number of amides is 2. The number of carbonyl (C=O) groups is 2. The maximum Gasteiger partial charge on any atom is 0.255 e. The number of aromatic nitrogens is 1. The van der Waals surface area contributed by atoms with E-state index in [0.717, 1.165) is 24.0 Å². The van der Waals surface area contributed by atoms with Gasteiger partial charge in [0.15, 0.2) is 0 Å². The van der Waals surface area contributed by atoms with Crippen molar-refractivity contribution in [2.45, 2.75) is 33.2 Å². The summed E-state index contributed by atoms with van der Waals surface area (Å²) in [4.78, 5) is 30.5. The van der Waals surface area contributed by atoms with Gasteiger partial charge >= 0.3 is 0 Å². The fourth-order valence-corrected chi connectivity index (χ4v) is 2.50. The van der Waals surface area contributed by atoms with Crippen LogP contribution in [0.3, 0.4) is 0 Å². The van der Waals surface area contributed by atoms with Gasteiger partial charge in [-0.25, -0.2) is 0 Å². The summed E-state index contributed by atoms with van der Waals surface area (Å²) in [5.41, 5.74) is 3.01. The average Bonchev–Trinajstić information content (AvgIpc) is 2.63. The Bertz CT molecular complexity index is 743. The Balaban J connectivity index is 2.02. The predicted molar refractivity (Wildman–Crippen MR) is 98.5 cm³/mol. The third-order valence-corrected chi connectivity index (χ3v) is 3.98. The summed E-state index contributed by atoms with van der Waals surface area (Å²) in [6.45, 7) is 5.23. The van der Waals surface area contributed by atoms with E-state index in [2.05, 4.69) is 17.2 Å². The molecule has 1 aromatic heterocycles. The van der Waals surface area contributed by atoms with Crippen LogP contribution in [0.1, 0.15) is 51.6 Å². The molecule has 0 radical (unpaired) electrons. The Morgan fingerprint density at radius 1 is 1.16 bits per heavy atom. The van der Waals surface area contributed by atoms with Gasteiger partial charge in [-0.3, -0.25) is 14.6 Å². The monoisotopic (exact) mass is 339 g/mol. The van der Waals surface area contributed by atoms with Crippen molar-refractivity contribution in [2.24, 2.45) is 0 Å². The van der Waals surface area contributed by atoms with Crippen LogP contribution >= 0.6 is 0 Å². The topological polar surface area (TPSA) is 62.3 Å². The molecule has 0 atom stereocenters. The molecule has 0 aliphatic carbocycles. The predicted octanol–water partition coefficient (Wildman–Crippen LogP) is 3.19. The number of benzene rings is 1. The molecule has 0 saturated carbocycles. The third-order valence-electron chi connectivity index (χ3n) is 3.98. The highest BCUT2D eigenvalue weighted by molar-refractivity contribution is 5.99. The smallest absolute Gasteiger partial charge is 0.255 e. The Hall–Kier alpha value is -2.69. The molecule has 1 N–H and O–H groups in total. The highest BCUT2D eigenvalue weighted by Crippen LogP contribution is 2.08. The molecule has 1 heterocycles. The minimum Gasteiger partial charge on any atom is -0.348 e. The second-order valence-electron chi connectivity index (χ2n) is 6.21. The number of hydrogen-bond donors (Lipinski definition) is 1. The fraction of sp³-hybridized carbons (Fsp3) is 0.350. The van der Waals surface area contributed by atoms with Gasteiger partial charge in [0.25, 0.3) is 11.8 Å². The lowest BCUT2D eigenvalue weighted by atomic mass is 10.1. The highest BCUT2D eigenvalue weighted by atomic mass is 16.2. The Morgan fingerprint density at radius 2 is 1.92 bits per heavy atom. The standard InChI is InChI=1S/C20H25N3O2/c1-4-5-9-23(3)20(25)18-11-17(13-21-14-18)19(24)22-12-16-8-6-7-15(2)10-16/h6-8,10-11,13-14H,4-5,9,12H2,1-3H3,(H,22,24). The average molecular weight is 339 g/mol. The first-order valence-corrected chi connectivity index (χ1v) is 8.55. The minimum atomic E-state index is -0.236. The molecule has 5 heteroatoms. The molecule has 0 unspecified atom stereocenters. The molecule has 5 nitrogen and oxygen atoms in total. The summed E-state index contributed by atoms with van der Waals surface area (Å²) in [5, 5.41) is 2.87. The van der Waals surface area contributed by atoms with Gasteiger partial charge in [0.05, 0.1) is 11.1 Å². The van der Waals surface area contributed by atoms with E-state index in [-0.39, 0.29) is 11.8 Å². The second kappa shape index (κ2) is 8.97. The Labute approximate surface area is 149 Å². The Morgan fingerprint density at radius 3 is 2.64 bits per heavy atom. The number of carbonyl (C=O) groups excluding carboxylic acids is 2. The number of hydrogen-bond acceptors (Lipinski definition) is 3. The van der Waals surface area contributed by atoms with Crippen LogP contribution in [0.2, 0.25) is 0 Å². The molecule has 2 aromatic rings. The quantitative estimate of drug-likeness (QED) is 0.842. The van der Waals surface area contributed by atoms with Crippen LogP contribution in [-0.4, -0.2) is 35.3 Å². The first-order chi connectivity index (χ1) is 12.0. The molecule has 0 spiro atoms. The largest absolute Gasteiger partial charge is 0.348 e. The van der Waals surface area contributed by atoms with Gasteiger partial charge in [-0.05, 0) is 25.0 Å². The zero-order valence-corrected chi connectivity index (χ0v) is 15.1. The van der Waals surface area contributed by atoms with Crippen LogP contribution in [0.4, 0.5) is 0 Å². The highest BCUT2D eigenvalue weighted by Gasteiger charge is 2.14. The van der Waals surface area contributed by atoms with Crippen LogP contribution in [0.15, 0.2) is 42.7 Å². The summed E-state index contributed by atoms with van der Waals surface area (Å²) >= 11 is 0. The molecule has 132 valence electrons. The minimum absolute atomic E-state index is 0.116. The molecule has 2 rings (SSSR count). The molecule has 0 bridgehead atoms. The van der Waals surface area contributed by atoms with Gasteiger partial charge in [0, 0.05) is 32.5 Å². The van der Waals surface area contributed by atoms with Crippen LogP contribution in [0.5, 0.6) is 0 Å². The van der Waals surface area contributed by atoms with Gasteiger partial charge in [-0.15, -0.1) is 0 Å². The lowest BCUT2D eigenvalue weighted by Gasteiger charge is -2.16. The number of unbranched alkanes of at least 4 members (excludes halogenated alkanes) is 1. The number of aryl methyl sites for hydroxylation is 1. The summed E-state index contributed by atoms with van der Waals surface area (Å²) in [7, 11) is 1.77. The van der Waals surface area contributed by atoms with Crippen LogP contribution in [0.25, 0.3) is 0 Å². The van der Waals surface area contributed by atoms with E-state index in [1.54, 1.807) is 18.0 Å². The summed E-state index contributed by atoms with van der Waals surface area (Å²) in [6.07, 6.45) is 4.96. The van der Waals surface area contributed by atoms with Crippen LogP contribution in [-0.2, 0) is 6.54 Å². The van der Waals surface area contributed by atoms with Gasteiger partial charge in [0.2, 0.25) is 0 Å². The molecular formula is C20H25N3O2. The van der Waals surface area contributed by atoms with Crippen molar-refractivity contribution in [3.63, 3.8) is 0 Å². The van der Waals surface area contributed by atoms with Gasteiger partial charge in [0.1, 0.15) is 0 Å². The normalized spacial score (nSPS) is 10.4. The van der Waals surface area contributed by atoms with E-state index in [4.69, 9.17) is 0 Å². The van der Waals surface area contributed by atoms with Gasteiger partial charge < -0.3 is 10.2 Å². The molecule has 1 aromatic carbocycles. The lowest BCUT2D eigenvalue weighted by Crippen LogP contribution is -2.28. The zero-order chi connectivity index (χ0) is 18.2. The second-order valence-corrected chi connectivity index (χ2v) is 6.21. The van der Waals surface area contributed by atoms with Crippen molar-refractivity contribution in [1.29, 1.82) is 0 Å². The maximum absolute atomic E-state index is 12.4. The molecule has 25 heavy (non-hydrogen) atoms. The Kier molecular flexibility index (Phi) is 6.69. The molecule has 0 fully saturated rings. The lowest BCUT2D eigenvalue weighted by molar-refractivity contribution is 0.0793. The summed E-state index contributed by atoms with van der Waals surface area (Å²) < 4.78 is 0. The van der Waals surface area contributed by atoms with Crippen molar-refractivity contribution < 1.29 is 9.59 Å². The van der Waals surface area contributed by atoms with Crippen LogP contribution in [0, 0.1) is 6.92 Å². The molecule has 0 saturated heterocycles. The fourth-order valence-electron chi connectivity index (χ4n) is 2.50. The third kappa shape index (κ3) is 5.41. The summed E-state index contributed by atoms with van der Waals surface area (Å²) in [5.74, 6) is -0.353.